The van der Waals surface area contributed by atoms with Gasteiger partial charge in [-0.3, -0.25) is 14.4 Å². The van der Waals surface area contributed by atoms with Crippen LogP contribution in [0.15, 0.2) is 132 Å². The first-order valence-electron chi connectivity index (χ1n) is 15.1. The predicted molar refractivity (Wildman–Crippen MR) is 187 cm³/mol. The maximum absolute atomic E-state index is 13.7. The van der Waals surface area contributed by atoms with E-state index in [-0.39, 0.29) is 16.9 Å². The summed E-state index contributed by atoms with van der Waals surface area (Å²) in [7, 11) is 0. The van der Waals surface area contributed by atoms with Crippen LogP contribution in [0, 0.1) is 0 Å². The van der Waals surface area contributed by atoms with Gasteiger partial charge in [0, 0.05) is 21.8 Å². The largest absolute Gasteiger partial charge is 0.494 e. The van der Waals surface area contributed by atoms with Gasteiger partial charge >= 0.3 is 0 Å². The summed E-state index contributed by atoms with van der Waals surface area (Å²) in [6.07, 6.45) is 2.29. The number of hydrogen-bond acceptors (Lipinski definition) is 5. The molecule has 8 heteroatoms. The molecule has 5 aromatic rings. The lowest BCUT2D eigenvalue weighted by atomic mass is 10.0. The smallest absolute Gasteiger partial charge is 0.272 e. The van der Waals surface area contributed by atoms with Crippen molar-refractivity contribution in [3.8, 4) is 5.75 Å². The van der Waals surface area contributed by atoms with Crippen LogP contribution in [-0.2, 0) is 9.59 Å². The molecule has 0 aliphatic heterocycles. The summed E-state index contributed by atoms with van der Waals surface area (Å²) in [4.78, 5) is 40.8. The highest BCUT2D eigenvalue weighted by molar-refractivity contribution is 8.00. The lowest BCUT2D eigenvalue weighted by Gasteiger charge is -2.16. The number of amides is 3. The third-order valence-electron chi connectivity index (χ3n) is 7.12. The minimum absolute atomic E-state index is 0.101. The summed E-state index contributed by atoms with van der Waals surface area (Å²) in [6, 6.07) is 37.1. The van der Waals surface area contributed by atoms with E-state index in [1.165, 1.54) is 11.8 Å². The Labute approximate surface area is 273 Å². The van der Waals surface area contributed by atoms with Crippen LogP contribution in [0.1, 0.15) is 36.2 Å². The highest BCUT2D eigenvalue weighted by Gasteiger charge is 2.20. The number of thioether (sulfide) groups is 1. The molecule has 7 nitrogen and oxygen atoms in total. The monoisotopic (exact) mass is 629 g/mol. The van der Waals surface area contributed by atoms with Gasteiger partial charge in [-0.05, 0) is 90.4 Å². The molecule has 3 amide bonds. The summed E-state index contributed by atoms with van der Waals surface area (Å²) in [6.45, 7) is 4.45. The van der Waals surface area contributed by atoms with E-state index in [2.05, 4.69) is 16.0 Å². The van der Waals surface area contributed by atoms with Crippen molar-refractivity contribution >= 4 is 57.7 Å². The second-order valence-corrected chi connectivity index (χ2v) is 11.7. The van der Waals surface area contributed by atoms with Gasteiger partial charge in [0.15, 0.2) is 0 Å². The quantitative estimate of drug-likeness (QED) is 0.0956. The summed E-state index contributed by atoms with van der Waals surface area (Å²) in [5.74, 6) is -0.235. The average Bonchev–Trinajstić information content (AvgIpc) is 3.08. The van der Waals surface area contributed by atoms with Crippen LogP contribution in [0.4, 0.5) is 11.4 Å². The summed E-state index contributed by atoms with van der Waals surface area (Å²) < 4.78 is 5.48. The maximum Gasteiger partial charge on any atom is 0.272 e. The van der Waals surface area contributed by atoms with Gasteiger partial charge in [-0.2, -0.15) is 0 Å². The van der Waals surface area contributed by atoms with Gasteiger partial charge in [-0.15, -0.1) is 11.8 Å². The van der Waals surface area contributed by atoms with Crippen molar-refractivity contribution in [1.29, 1.82) is 0 Å². The van der Waals surface area contributed by atoms with Crippen molar-refractivity contribution in [3.63, 3.8) is 0 Å². The van der Waals surface area contributed by atoms with Crippen LogP contribution >= 0.6 is 11.8 Å². The van der Waals surface area contributed by atoms with Crippen molar-refractivity contribution < 1.29 is 19.1 Å². The molecule has 0 heterocycles. The van der Waals surface area contributed by atoms with Crippen molar-refractivity contribution in [2.45, 2.75) is 30.4 Å². The van der Waals surface area contributed by atoms with Crippen LogP contribution in [0.25, 0.3) is 16.8 Å². The standard InChI is InChI=1S/C38H35N3O4S/c1-3-35(38(44)39-29-20-22-31(23-21-29)45-4-2)46-32-18-11-17-30(25-32)40-37(43)34(41-36(42)27-13-6-5-7-14-27)24-28-16-10-15-26-12-8-9-19-33(26)28/h5-25,35H,3-4H2,1-2H3,(H,39,44)(H,40,43)(H,41,42)/b34-24+. The zero-order valence-corrected chi connectivity index (χ0v) is 26.5. The maximum atomic E-state index is 13.7. The highest BCUT2D eigenvalue weighted by Crippen LogP contribution is 2.29. The zero-order valence-electron chi connectivity index (χ0n) is 25.7. The molecule has 0 bridgehead atoms. The van der Waals surface area contributed by atoms with Crippen LogP contribution in [-0.4, -0.2) is 29.6 Å². The number of ether oxygens (including phenoxy) is 1. The summed E-state index contributed by atoms with van der Waals surface area (Å²) in [5, 5.41) is 10.3. The second-order valence-electron chi connectivity index (χ2n) is 10.4. The topological polar surface area (TPSA) is 96.5 Å². The van der Waals surface area contributed by atoms with Gasteiger partial charge in [0.1, 0.15) is 11.4 Å². The van der Waals surface area contributed by atoms with Gasteiger partial charge in [-0.1, -0.05) is 73.7 Å². The number of carbonyl (C=O) groups excluding carboxylic acids is 3. The Morgan fingerprint density at radius 2 is 1.48 bits per heavy atom. The van der Waals surface area contributed by atoms with Crippen LogP contribution in [0.5, 0.6) is 5.75 Å². The average molecular weight is 630 g/mol. The second kappa shape index (κ2) is 15.6. The molecule has 1 unspecified atom stereocenters. The zero-order chi connectivity index (χ0) is 32.3. The van der Waals surface area contributed by atoms with Gasteiger partial charge in [-0.25, -0.2) is 0 Å². The van der Waals surface area contributed by atoms with E-state index in [0.717, 1.165) is 27.0 Å². The molecule has 0 aliphatic carbocycles. The Hall–Kier alpha value is -5.34. The fraction of sp³-hybridized carbons (Fsp3) is 0.132. The number of benzene rings is 5. The Bertz CT molecular complexity index is 1850. The first-order chi connectivity index (χ1) is 22.4. The minimum Gasteiger partial charge on any atom is -0.494 e. The molecule has 5 aromatic carbocycles. The number of hydrogen-bond donors (Lipinski definition) is 3. The Kier molecular flexibility index (Phi) is 10.9. The number of rotatable bonds is 12. The summed E-state index contributed by atoms with van der Waals surface area (Å²) in [5.41, 5.74) is 2.56. The van der Waals surface area contributed by atoms with Crippen molar-refractivity contribution in [3.05, 3.63) is 138 Å². The summed E-state index contributed by atoms with van der Waals surface area (Å²) >= 11 is 1.42. The lowest BCUT2D eigenvalue weighted by Crippen LogP contribution is -2.30. The minimum atomic E-state index is -0.473. The fourth-order valence-corrected chi connectivity index (χ4v) is 5.84. The molecule has 1 atom stereocenters. The molecular formula is C38H35N3O4S. The van der Waals surface area contributed by atoms with Gasteiger partial charge < -0.3 is 20.7 Å². The van der Waals surface area contributed by atoms with Gasteiger partial charge in [0.2, 0.25) is 5.91 Å². The van der Waals surface area contributed by atoms with Gasteiger partial charge in [0.25, 0.3) is 11.8 Å². The molecule has 46 heavy (non-hydrogen) atoms. The van der Waals surface area contributed by atoms with E-state index >= 15 is 0 Å². The number of anilines is 2. The van der Waals surface area contributed by atoms with Crippen LogP contribution < -0.4 is 20.7 Å². The molecule has 0 radical (unpaired) electrons. The molecule has 0 aromatic heterocycles. The third-order valence-corrected chi connectivity index (χ3v) is 8.48. The van der Waals surface area contributed by atoms with E-state index in [4.69, 9.17) is 4.74 Å². The SMILES string of the molecule is CCOc1ccc(NC(=O)C(CC)Sc2cccc(NC(=O)/C(=C\c3cccc4ccccc34)NC(=O)c3ccccc3)c2)cc1. The Morgan fingerprint density at radius 1 is 0.761 bits per heavy atom. The predicted octanol–water partition coefficient (Wildman–Crippen LogP) is 8.16. The Balaban J connectivity index is 1.33. The Morgan fingerprint density at radius 3 is 2.24 bits per heavy atom. The molecule has 0 spiro atoms. The van der Waals surface area contributed by atoms with E-state index in [9.17, 15) is 14.4 Å². The molecule has 0 saturated heterocycles. The number of nitrogens with one attached hydrogen (secondary N) is 3. The first kappa shape index (κ1) is 32.1. The normalized spacial score (nSPS) is 11.8. The van der Waals surface area contributed by atoms with Gasteiger partial charge in [0.05, 0.1) is 11.9 Å². The van der Waals surface area contributed by atoms with Crippen molar-refractivity contribution in [2.24, 2.45) is 0 Å². The van der Waals surface area contributed by atoms with Crippen LogP contribution in [0.3, 0.4) is 0 Å². The molecular weight excluding hydrogens is 595 g/mol. The molecule has 0 aliphatic rings. The fourth-order valence-electron chi connectivity index (χ4n) is 4.83. The molecule has 5 rings (SSSR count). The molecule has 0 fully saturated rings. The molecule has 0 saturated carbocycles. The highest BCUT2D eigenvalue weighted by atomic mass is 32.2. The lowest BCUT2D eigenvalue weighted by molar-refractivity contribution is -0.116. The van der Waals surface area contributed by atoms with E-state index in [0.29, 0.717) is 30.0 Å². The third kappa shape index (κ3) is 8.43. The van der Waals surface area contributed by atoms with E-state index in [1.807, 2.05) is 105 Å². The van der Waals surface area contributed by atoms with E-state index < -0.39 is 11.8 Å². The van der Waals surface area contributed by atoms with Crippen LogP contribution in [0.2, 0.25) is 0 Å². The molecule has 232 valence electrons. The number of carbonyl (C=O) groups is 3. The van der Waals surface area contributed by atoms with E-state index in [1.54, 1.807) is 36.4 Å². The first-order valence-corrected chi connectivity index (χ1v) is 16.0. The van der Waals surface area contributed by atoms with Crippen molar-refractivity contribution in [1.82, 2.24) is 5.32 Å². The number of fused-ring (bicyclic) bond motifs is 1. The van der Waals surface area contributed by atoms with Crippen molar-refractivity contribution in [2.75, 3.05) is 17.2 Å². The molecule has 3 N–H and O–H groups in total.